The first kappa shape index (κ1) is 23.2. The minimum atomic E-state index is -0.471. The summed E-state index contributed by atoms with van der Waals surface area (Å²) in [6.07, 6.45) is 2.21. The van der Waals surface area contributed by atoms with E-state index in [1.165, 1.54) is 12.4 Å². The van der Waals surface area contributed by atoms with Gasteiger partial charge in [-0.15, -0.1) is 10.2 Å². The number of nitro groups is 1. The summed E-state index contributed by atoms with van der Waals surface area (Å²) in [5.41, 5.74) is 2.25. The topological polar surface area (TPSA) is 94.2 Å². The van der Waals surface area contributed by atoms with E-state index in [9.17, 15) is 14.9 Å². The highest BCUT2D eigenvalue weighted by Gasteiger charge is 2.23. The van der Waals surface area contributed by atoms with E-state index in [0.717, 1.165) is 22.9 Å². The zero-order chi connectivity index (χ0) is 23.9. The molecule has 9 heteroatoms. The maximum absolute atomic E-state index is 13.5. The van der Waals surface area contributed by atoms with Crippen LogP contribution >= 0.6 is 11.8 Å². The number of carbonyl (C=O) groups excluding carboxylic acids is 1. The zero-order valence-electron chi connectivity index (χ0n) is 18.6. The predicted octanol–water partition coefficient (Wildman–Crippen LogP) is 4.76. The number of amides is 1. The molecule has 172 valence electrons. The maximum atomic E-state index is 13.5. The molecule has 0 N–H and O–H groups in total. The summed E-state index contributed by atoms with van der Waals surface area (Å²) in [6.45, 7) is 0.900. The van der Waals surface area contributed by atoms with Crippen LogP contribution in [0.1, 0.15) is 21.5 Å². The summed E-state index contributed by atoms with van der Waals surface area (Å²) in [6, 6.07) is 24.2. The van der Waals surface area contributed by atoms with Gasteiger partial charge >= 0.3 is 0 Å². The first-order valence-electron chi connectivity index (χ1n) is 10.7. The Bertz CT molecular complexity index is 1280. The largest absolute Gasteiger partial charge is 0.334 e. The van der Waals surface area contributed by atoms with Crippen molar-refractivity contribution in [1.29, 1.82) is 0 Å². The van der Waals surface area contributed by atoms with E-state index in [1.54, 1.807) is 28.6 Å². The van der Waals surface area contributed by atoms with Crippen LogP contribution in [0.3, 0.4) is 0 Å². The van der Waals surface area contributed by atoms with Gasteiger partial charge in [-0.2, -0.15) is 0 Å². The molecular formula is C25H23N5O3S. The molecule has 8 nitrogen and oxygen atoms in total. The van der Waals surface area contributed by atoms with Crippen molar-refractivity contribution in [2.24, 2.45) is 7.05 Å². The first-order valence-corrected chi connectivity index (χ1v) is 11.5. The van der Waals surface area contributed by atoms with Gasteiger partial charge in [0.25, 0.3) is 11.6 Å². The fourth-order valence-electron chi connectivity index (χ4n) is 3.49. The van der Waals surface area contributed by atoms with Crippen molar-refractivity contribution in [3.8, 4) is 0 Å². The quantitative estimate of drug-likeness (QED) is 0.257. The van der Waals surface area contributed by atoms with Crippen LogP contribution < -0.4 is 0 Å². The molecule has 1 aromatic heterocycles. The lowest BCUT2D eigenvalue weighted by Crippen LogP contribution is -2.32. The number of aromatic nitrogens is 3. The highest BCUT2D eigenvalue weighted by Crippen LogP contribution is 2.34. The van der Waals surface area contributed by atoms with Crippen molar-refractivity contribution in [3.05, 3.63) is 112 Å². The van der Waals surface area contributed by atoms with Crippen LogP contribution in [0.4, 0.5) is 5.69 Å². The number of nitrogens with zero attached hydrogens (tertiary/aromatic N) is 5. The Kier molecular flexibility index (Phi) is 7.34. The van der Waals surface area contributed by atoms with Crippen LogP contribution in [0.2, 0.25) is 0 Å². The van der Waals surface area contributed by atoms with Crippen molar-refractivity contribution < 1.29 is 9.72 Å². The van der Waals surface area contributed by atoms with Gasteiger partial charge in [-0.05, 0) is 41.4 Å². The average Bonchev–Trinajstić information content (AvgIpc) is 3.26. The van der Waals surface area contributed by atoms with Gasteiger partial charge in [0.05, 0.1) is 9.82 Å². The van der Waals surface area contributed by atoms with Crippen LogP contribution in [-0.4, -0.2) is 37.0 Å². The normalized spacial score (nSPS) is 10.7. The lowest BCUT2D eigenvalue weighted by molar-refractivity contribution is -0.387. The molecule has 0 aliphatic heterocycles. The fraction of sp³-hybridized carbons (Fsp3) is 0.160. The van der Waals surface area contributed by atoms with E-state index < -0.39 is 4.92 Å². The molecule has 4 aromatic rings. The third kappa shape index (κ3) is 5.68. The highest BCUT2D eigenvalue weighted by atomic mass is 32.2. The van der Waals surface area contributed by atoms with Gasteiger partial charge in [0.1, 0.15) is 6.33 Å². The van der Waals surface area contributed by atoms with Gasteiger partial charge in [-0.25, -0.2) is 0 Å². The van der Waals surface area contributed by atoms with Crippen molar-refractivity contribution in [2.45, 2.75) is 23.0 Å². The molecule has 0 atom stereocenters. The molecule has 34 heavy (non-hydrogen) atoms. The monoisotopic (exact) mass is 473 g/mol. The Balaban J connectivity index is 1.60. The van der Waals surface area contributed by atoms with Crippen LogP contribution in [0.5, 0.6) is 0 Å². The van der Waals surface area contributed by atoms with Gasteiger partial charge in [0.2, 0.25) is 0 Å². The smallest absolute Gasteiger partial charge is 0.284 e. The van der Waals surface area contributed by atoms with Gasteiger partial charge in [-0.3, -0.25) is 14.9 Å². The molecule has 0 spiro atoms. The van der Waals surface area contributed by atoms with E-state index in [-0.39, 0.29) is 17.2 Å². The second-order valence-electron chi connectivity index (χ2n) is 7.71. The number of hydrogen-bond donors (Lipinski definition) is 0. The van der Waals surface area contributed by atoms with Crippen LogP contribution in [0.25, 0.3) is 0 Å². The molecule has 0 aliphatic carbocycles. The maximum Gasteiger partial charge on any atom is 0.284 e. The molecular weight excluding hydrogens is 450 g/mol. The zero-order valence-corrected chi connectivity index (χ0v) is 19.4. The van der Waals surface area contributed by atoms with E-state index in [1.807, 2.05) is 60.7 Å². The van der Waals surface area contributed by atoms with E-state index in [4.69, 9.17) is 0 Å². The van der Waals surface area contributed by atoms with E-state index >= 15 is 0 Å². The number of benzene rings is 3. The van der Waals surface area contributed by atoms with Crippen molar-refractivity contribution in [3.63, 3.8) is 0 Å². The molecule has 0 fully saturated rings. The average molecular weight is 474 g/mol. The molecule has 1 amide bonds. The Morgan fingerprint density at radius 1 is 1.03 bits per heavy atom. The third-order valence-electron chi connectivity index (χ3n) is 5.29. The Morgan fingerprint density at radius 2 is 1.71 bits per heavy atom. The molecule has 0 saturated carbocycles. The van der Waals surface area contributed by atoms with Crippen molar-refractivity contribution in [2.75, 3.05) is 6.54 Å². The molecule has 4 rings (SSSR count). The van der Waals surface area contributed by atoms with E-state index in [0.29, 0.717) is 29.6 Å². The fourth-order valence-corrected chi connectivity index (χ4v) is 4.34. The van der Waals surface area contributed by atoms with Gasteiger partial charge in [0.15, 0.2) is 5.16 Å². The Labute approximate surface area is 201 Å². The molecule has 0 unspecified atom stereocenters. The Hall–Kier alpha value is -3.98. The van der Waals surface area contributed by atoms with Crippen molar-refractivity contribution >= 4 is 23.4 Å². The standard InChI is InChI=1S/C25H23N5O3S/c1-28-18-26-27-25(28)34-23-13-12-21(16-22(23)30(32)33)24(31)29(17-20-10-6-3-7-11-20)15-14-19-8-4-2-5-9-19/h2-13,16,18H,14-15,17H2,1H3. The summed E-state index contributed by atoms with van der Waals surface area (Å²) < 4.78 is 1.68. The number of hydrogen-bond acceptors (Lipinski definition) is 6. The Morgan fingerprint density at radius 3 is 2.32 bits per heavy atom. The third-order valence-corrected chi connectivity index (χ3v) is 6.41. The van der Waals surface area contributed by atoms with Gasteiger partial charge in [-0.1, -0.05) is 60.7 Å². The van der Waals surface area contributed by atoms with Crippen molar-refractivity contribution in [1.82, 2.24) is 19.7 Å². The summed E-state index contributed by atoms with van der Waals surface area (Å²) in [7, 11) is 1.76. The molecule has 0 radical (unpaired) electrons. The summed E-state index contributed by atoms with van der Waals surface area (Å²) >= 11 is 1.14. The second-order valence-corrected chi connectivity index (χ2v) is 8.72. The number of rotatable bonds is 9. The SMILES string of the molecule is Cn1cnnc1Sc1ccc(C(=O)N(CCc2ccccc2)Cc2ccccc2)cc1[N+](=O)[O-]. The predicted molar refractivity (Wildman–Crippen MR) is 130 cm³/mol. The summed E-state index contributed by atoms with van der Waals surface area (Å²) in [5.74, 6) is -0.252. The van der Waals surface area contributed by atoms with E-state index in [2.05, 4.69) is 10.2 Å². The lowest BCUT2D eigenvalue weighted by Gasteiger charge is -2.23. The molecule has 0 bridgehead atoms. The first-order chi connectivity index (χ1) is 16.5. The minimum Gasteiger partial charge on any atom is -0.334 e. The molecule has 0 saturated heterocycles. The minimum absolute atomic E-state index is 0.137. The van der Waals surface area contributed by atoms with Crippen LogP contribution in [-0.2, 0) is 20.0 Å². The number of nitro benzene ring substituents is 1. The second kappa shape index (κ2) is 10.8. The summed E-state index contributed by atoms with van der Waals surface area (Å²) in [5, 5.41) is 20.1. The number of aryl methyl sites for hydroxylation is 1. The van der Waals surface area contributed by atoms with Crippen LogP contribution in [0.15, 0.2) is 95.2 Å². The molecule has 3 aromatic carbocycles. The lowest BCUT2D eigenvalue weighted by atomic mass is 10.1. The van der Waals surface area contributed by atoms with Gasteiger partial charge < -0.3 is 9.47 Å². The highest BCUT2D eigenvalue weighted by molar-refractivity contribution is 7.99. The molecule has 0 aliphatic rings. The van der Waals surface area contributed by atoms with Gasteiger partial charge in [0, 0.05) is 31.8 Å². The summed E-state index contributed by atoms with van der Waals surface area (Å²) in [4.78, 5) is 27.0. The molecule has 1 heterocycles. The number of carbonyl (C=O) groups is 1. The van der Waals surface area contributed by atoms with Crippen LogP contribution in [0, 0.1) is 10.1 Å².